The Hall–Kier alpha value is -0.560. The summed E-state index contributed by atoms with van der Waals surface area (Å²) in [6.07, 6.45) is 30.6. The Bertz CT molecular complexity index is 638. The van der Waals surface area contributed by atoms with Gasteiger partial charge in [0, 0.05) is 13.2 Å². The molecule has 0 aliphatic heterocycles. The summed E-state index contributed by atoms with van der Waals surface area (Å²) in [6.45, 7) is 11.6. The predicted molar refractivity (Wildman–Crippen MR) is 161 cm³/mol. The molecule has 1 heteroatoms. The molecule has 1 nitrogen and oxygen atoms in total. The number of hydrogen-bond acceptors (Lipinski definition) is 1. The monoisotopic (exact) mass is 510 g/mol. The molecular formula is C36H62O. The van der Waals surface area contributed by atoms with Gasteiger partial charge in [-0.05, 0) is 163 Å². The summed E-state index contributed by atoms with van der Waals surface area (Å²) in [5, 5.41) is 0. The molecular weight excluding hydrogens is 448 g/mol. The fourth-order valence-electron chi connectivity index (χ4n) is 8.60. The molecule has 2 fully saturated rings. The predicted octanol–water partition coefficient (Wildman–Crippen LogP) is 10.9. The van der Waals surface area contributed by atoms with E-state index in [1.165, 1.54) is 116 Å². The highest BCUT2D eigenvalue weighted by Gasteiger charge is 2.30. The van der Waals surface area contributed by atoms with E-state index >= 15 is 0 Å². The molecule has 0 amide bonds. The molecule has 2 unspecified atom stereocenters. The van der Waals surface area contributed by atoms with E-state index in [9.17, 15) is 0 Å². The van der Waals surface area contributed by atoms with Gasteiger partial charge in [-0.15, -0.1) is 0 Å². The van der Waals surface area contributed by atoms with Gasteiger partial charge in [-0.3, -0.25) is 0 Å². The van der Waals surface area contributed by atoms with Crippen LogP contribution in [-0.2, 0) is 4.74 Å². The van der Waals surface area contributed by atoms with E-state index in [2.05, 4.69) is 39.8 Å². The van der Waals surface area contributed by atoms with Crippen molar-refractivity contribution in [1.29, 1.82) is 0 Å². The molecule has 37 heavy (non-hydrogen) atoms. The van der Waals surface area contributed by atoms with Crippen LogP contribution in [0, 0.1) is 47.3 Å². The second kappa shape index (κ2) is 15.3. The first-order chi connectivity index (χ1) is 18.0. The molecule has 4 aliphatic rings. The Balaban J connectivity index is 1.00. The molecule has 4 rings (SSSR count). The van der Waals surface area contributed by atoms with Crippen LogP contribution in [0.5, 0.6) is 0 Å². The Morgan fingerprint density at radius 2 is 0.973 bits per heavy atom. The number of ether oxygens (including phenoxy) is 1. The molecule has 4 aliphatic carbocycles. The van der Waals surface area contributed by atoms with Crippen LogP contribution in [0.2, 0.25) is 0 Å². The average Bonchev–Trinajstić information content (AvgIpc) is 2.93. The minimum Gasteiger partial charge on any atom is -0.381 e. The van der Waals surface area contributed by atoms with Crippen molar-refractivity contribution >= 4 is 0 Å². The molecule has 0 bridgehead atoms. The number of hydrogen-bond donors (Lipinski definition) is 0. The van der Waals surface area contributed by atoms with Crippen molar-refractivity contribution in [2.24, 2.45) is 47.3 Å². The summed E-state index contributed by atoms with van der Waals surface area (Å²) in [4.78, 5) is 0. The average molecular weight is 511 g/mol. The van der Waals surface area contributed by atoms with Crippen molar-refractivity contribution < 1.29 is 4.74 Å². The summed E-state index contributed by atoms with van der Waals surface area (Å²) < 4.78 is 6.05. The first kappa shape index (κ1) is 29.4. The van der Waals surface area contributed by atoms with Gasteiger partial charge in [0.05, 0.1) is 0 Å². The highest BCUT2D eigenvalue weighted by atomic mass is 16.5. The third kappa shape index (κ3) is 9.25. The zero-order valence-corrected chi connectivity index (χ0v) is 25.3. The lowest BCUT2D eigenvalue weighted by Crippen LogP contribution is -2.25. The standard InChI is InChI=1S/C36H62O/c1-27(2)31-17-21-35(22-18-31)33-13-9-29(10-14-33)7-5-25-37-26-6-8-30-11-15-34(16-12-30)36-23-19-32(20-24-36)28(3)4/h9,11,27-28,31-36H,5-8,10,12-26H2,1-4H3. The van der Waals surface area contributed by atoms with Gasteiger partial charge in [-0.25, -0.2) is 0 Å². The summed E-state index contributed by atoms with van der Waals surface area (Å²) in [6, 6.07) is 0. The summed E-state index contributed by atoms with van der Waals surface area (Å²) in [5.74, 6) is 7.79. The molecule has 212 valence electrons. The molecule has 0 radical (unpaired) electrons. The number of allylic oxidation sites excluding steroid dienone is 4. The van der Waals surface area contributed by atoms with Gasteiger partial charge in [0.1, 0.15) is 0 Å². The normalized spacial score (nSPS) is 33.5. The Morgan fingerprint density at radius 3 is 1.30 bits per heavy atom. The minimum absolute atomic E-state index is 0.891. The molecule has 0 saturated heterocycles. The lowest BCUT2D eigenvalue weighted by atomic mass is 9.69. The first-order valence-corrected chi connectivity index (χ1v) is 16.9. The van der Waals surface area contributed by atoms with Crippen molar-refractivity contribution in [3.8, 4) is 0 Å². The quantitative estimate of drug-likeness (QED) is 0.187. The minimum atomic E-state index is 0.891. The maximum atomic E-state index is 6.05. The van der Waals surface area contributed by atoms with Crippen LogP contribution in [0.1, 0.15) is 143 Å². The second-order valence-corrected chi connectivity index (χ2v) is 14.5. The van der Waals surface area contributed by atoms with Gasteiger partial charge >= 0.3 is 0 Å². The lowest BCUT2D eigenvalue weighted by molar-refractivity contribution is 0.128. The summed E-state index contributed by atoms with van der Waals surface area (Å²) in [7, 11) is 0. The van der Waals surface area contributed by atoms with E-state index in [0.717, 1.165) is 60.6 Å². The number of rotatable bonds is 12. The zero-order chi connectivity index (χ0) is 26.0. The van der Waals surface area contributed by atoms with Crippen LogP contribution in [0.4, 0.5) is 0 Å². The summed E-state index contributed by atoms with van der Waals surface area (Å²) in [5.41, 5.74) is 3.46. The molecule has 2 saturated carbocycles. The smallest absolute Gasteiger partial charge is 0.0469 e. The third-order valence-corrected chi connectivity index (χ3v) is 11.5. The highest BCUT2D eigenvalue weighted by molar-refractivity contribution is 5.08. The molecule has 0 spiro atoms. The second-order valence-electron chi connectivity index (χ2n) is 14.5. The van der Waals surface area contributed by atoms with Crippen molar-refractivity contribution in [3.05, 3.63) is 23.3 Å². The lowest BCUT2D eigenvalue weighted by Gasteiger charge is -2.36. The van der Waals surface area contributed by atoms with Gasteiger partial charge in [0.25, 0.3) is 0 Å². The van der Waals surface area contributed by atoms with Crippen LogP contribution in [0.25, 0.3) is 0 Å². The van der Waals surface area contributed by atoms with Gasteiger partial charge < -0.3 is 4.74 Å². The Labute approximate surface area is 231 Å². The van der Waals surface area contributed by atoms with Crippen LogP contribution < -0.4 is 0 Å². The van der Waals surface area contributed by atoms with Crippen molar-refractivity contribution in [2.75, 3.05) is 13.2 Å². The van der Waals surface area contributed by atoms with Crippen LogP contribution in [0.3, 0.4) is 0 Å². The molecule has 0 aromatic heterocycles. The van der Waals surface area contributed by atoms with Gasteiger partial charge in [-0.1, -0.05) is 51.0 Å². The fraction of sp³-hybridized carbons (Fsp3) is 0.889. The summed E-state index contributed by atoms with van der Waals surface area (Å²) >= 11 is 0. The maximum absolute atomic E-state index is 6.05. The third-order valence-electron chi connectivity index (χ3n) is 11.5. The molecule has 0 heterocycles. The van der Waals surface area contributed by atoms with E-state index < -0.39 is 0 Å². The first-order valence-electron chi connectivity index (χ1n) is 16.9. The molecule has 0 N–H and O–H groups in total. The molecule has 0 aromatic carbocycles. The van der Waals surface area contributed by atoms with Crippen LogP contribution >= 0.6 is 0 Å². The maximum Gasteiger partial charge on any atom is 0.0469 e. The van der Waals surface area contributed by atoms with E-state index in [1.54, 1.807) is 11.1 Å². The van der Waals surface area contributed by atoms with E-state index in [-0.39, 0.29) is 0 Å². The topological polar surface area (TPSA) is 9.23 Å². The largest absolute Gasteiger partial charge is 0.381 e. The zero-order valence-electron chi connectivity index (χ0n) is 25.3. The van der Waals surface area contributed by atoms with Gasteiger partial charge in [-0.2, -0.15) is 0 Å². The van der Waals surface area contributed by atoms with Crippen molar-refractivity contribution in [2.45, 2.75) is 143 Å². The van der Waals surface area contributed by atoms with E-state index in [0.29, 0.717) is 0 Å². The van der Waals surface area contributed by atoms with Gasteiger partial charge in [0.2, 0.25) is 0 Å². The molecule has 2 atom stereocenters. The van der Waals surface area contributed by atoms with Crippen LogP contribution in [0.15, 0.2) is 23.3 Å². The highest BCUT2D eigenvalue weighted by Crippen LogP contribution is 2.43. The van der Waals surface area contributed by atoms with E-state index in [4.69, 9.17) is 4.74 Å². The SMILES string of the molecule is CC(C)C1CCC(C2CC=C(CCCOCCCC3=CCC(C4CCC(C(C)C)CC4)CC3)CC2)CC1. The molecule has 0 aromatic rings. The Morgan fingerprint density at radius 1 is 0.568 bits per heavy atom. The van der Waals surface area contributed by atoms with Crippen molar-refractivity contribution in [1.82, 2.24) is 0 Å². The van der Waals surface area contributed by atoms with Gasteiger partial charge in [0.15, 0.2) is 0 Å². The van der Waals surface area contributed by atoms with Crippen LogP contribution in [-0.4, -0.2) is 13.2 Å². The fourth-order valence-corrected chi connectivity index (χ4v) is 8.60. The van der Waals surface area contributed by atoms with E-state index in [1.807, 2.05) is 0 Å². The Kier molecular flexibility index (Phi) is 12.2. The van der Waals surface area contributed by atoms with Crippen molar-refractivity contribution in [3.63, 3.8) is 0 Å².